The van der Waals surface area contributed by atoms with Gasteiger partial charge >= 0.3 is 0 Å². The quantitative estimate of drug-likeness (QED) is 0.618. The molecule has 0 N–H and O–H groups in total. The summed E-state index contributed by atoms with van der Waals surface area (Å²) >= 11 is 3.34. The van der Waals surface area contributed by atoms with Crippen molar-refractivity contribution in [2.45, 2.75) is 0 Å². The van der Waals surface area contributed by atoms with E-state index in [-0.39, 0.29) is 11.8 Å². The Balaban J connectivity index is 2.47. The third-order valence-corrected chi connectivity index (χ3v) is 2.59. The highest BCUT2D eigenvalue weighted by molar-refractivity contribution is 9.11. The van der Waals surface area contributed by atoms with Gasteiger partial charge in [-0.1, -0.05) is 34.2 Å². The summed E-state index contributed by atoms with van der Waals surface area (Å²) in [7, 11) is 0. The summed E-state index contributed by atoms with van der Waals surface area (Å²) in [5, 5.41) is 0. The summed E-state index contributed by atoms with van der Waals surface area (Å²) < 4.78 is 0.887. The van der Waals surface area contributed by atoms with Crippen LogP contribution in [0, 0.1) is 5.92 Å². The third kappa shape index (κ3) is 1.10. The summed E-state index contributed by atoms with van der Waals surface area (Å²) in [5.41, 5.74) is 1.00. The second kappa shape index (κ2) is 2.83. The summed E-state index contributed by atoms with van der Waals surface area (Å²) in [4.78, 5) is 15.0. The average Bonchev–Trinajstić information content (AvgIpc) is 2.04. The van der Waals surface area contributed by atoms with Gasteiger partial charge in [0.05, 0.1) is 5.92 Å². The van der Waals surface area contributed by atoms with Crippen LogP contribution in [-0.2, 0) is 4.79 Å². The first-order valence-corrected chi connectivity index (χ1v) is 4.40. The molecule has 0 spiro atoms. The van der Waals surface area contributed by atoms with Gasteiger partial charge in [0.25, 0.3) is 5.91 Å². The lowest BCUT2D eigenvalue weighted by Gasteiger charge is -2.18. The van der Waals surface area contributed by atoms with Crippen LogP contribution in [0.25, 0.3) is 0 Å². The zero-order chi connectivity index (χ0) is 8.55. The van der Waals surface area contributed by atoms with Gasteiger partial charge in [0.1, 0.15) is 0 Å². The van der Waals surface area contributed by atoms with Crippen molar-refractivity contribution in [3.63, 3.8) is 0 Å². The summed E-state index contributed by atoms with van der Waals surface area (Å²) in [6.45, 7) is 0. The lowest BCUT2D eigenvalue weighted by molar-refractivity contribution is -0.119. The highest BCUT2D eigenvalue weighted by Crippen LogP contribution is 2.31. The second-order valence-electron chi connectivity index (χ2n) is 2.63. The molecule has 12 heavy (non-hydrogen) atoms. The Labute approximate surface area is 78.5 Å². The van der Waals surface area contributed by atoms with Gasteiger partial charge in [-0.05, 0) is 11.6 Å². The second-order valence-corrected chi connectivity index (χ2v) is 3.54. The van der Waals surface area contributed by atoms with Gasteiger partial charge in [-0.25, -0.2) is 4.99 Å². The van der Waals surface area contributed by atoms with E-state index in [1.54, 1.807) is 6.21 Å². The Bertz CT molecular complexity index is 350. The minimum absolute atomic E-state index is 0.0972. The lowest BCUT2D eigenvalue weighted by Crippen LogP contribution is -2.19. The summed E-state index contributed by atoms with van der Waals surface area (Å²) in [6.07, 6.45) is 9.12. The molecule has 1 aliphatic heterocycles. The molecule has 1 unspecified atom stereocenters. The summed E-state index contributed by atoms with van der Waals surface area (Å²) in [5.74, 6) is -0.292. The molecule has 0 aromatic heterocycles. The topological polar surface area (TPSA) is 29.4 Å². The van der Waals surface area contributed by atoms with Crippen molar-refractivity contribution in [1.82, 2.24) is 0 Å². The molecule has 2 nitrogen and oxygen atoms in total. The molecule has 1 amide bonds. The molecule has 60 valence electrons. The van der Waals surface area contributed by atoms with Crippen molar-refractivity contribution in [3.05, 3.63) is 34.4 Å². The molecule has 0 aromatic carbocycles. The minimum Gasteiger partial charge on any atom is -0.271 e. The van der Waals surface area contributed by atoms with Crippen LogP contribution >= 0.6 is 15.9 Å². The van der Waals surface area contributed by atoms with Gasteiger partial charge in [-0.2, -0.15) is 0 Å². The van der Waals surface area contributed by atoms with Gasteiger partial charge in [-0.3, -0.25) is 4.79 Å². The van der Waals surface area contributed by atoms with E-state index >= 15 is 0 Å². The number of fused-ring (bicyclic) bond motifs is 1. The van der Waals surface area contributed by atoms with E-state index in [1.807, 2.05) is 24.3 Å². The average molecular weight is 224 g/mol. The zero-order valence-corrected chi connectivity index (χ0v) is 7.78. The monoisotopic (exact) mass is 223 g/mol. The van der Waals surface area contributed by atoms with Gasteiger partial charge in [0, 0.05) is 10.7 Å². The first-order chi connectivity index (χ1) is 5.79. The van der Waals surface area contributed by atoms with E-state index in [1.165, 1.54) is 0 Å². The van der Waals surface area contributed by atoms with Crippen molar-refractivity contribution >= 4 is 28.1 Å². The van der Waals surface area contributed by atoms with Crippen LogP contribution in [0.4, 0.5) is 0 Å². The molecule has 0 fully saturated rings. The lowest BCUT2D eigenvalue weighted by atomic mass is 9.92. The number of hydrogen-bond donors (Lipinski definition) is 0. The molecule has 0 bridgehead atoms. The molecule has 0 saturated carbocycles. The molecule has 0 saturated heterocycles. The van der Waals surface area contributed by atoms with Gasteiger partial charge in [0.15, 0.2) is 0 Å². The molecular weight excluding hydrogens is 218 g/mol. The Kier molecular flexibility index (Phi) is 1.81. The molecule has 3 heteroatoms. The number of amides is 1. The first kappa shape index (κ1) is 7.68. The number of hydrogen-bond acceptors (Lipinski definition) is 1. The van der Waals surface area contributed by atoms with Crippen LogP contribution in [0.3, 0.4) is 0 Å². The van der Waals surface area contributed by atoms with Gasteiger partial charge in [-0.15, -0.1) is 0 Å². The minimum atomic E-state index is -0.194. The van der Waals surface area contributed by atoms with Crippen molar-refractivity contribution in [2.75, 3.05) is 0 Å². The van der Waals surface area contributed by atoms with E-state index in [0.29, 0.717) is 0 Å². The number of rotatable bonds is 0. The number of nitrogens with zero attached hydrogens (tertiary/aromatic N) is 1. The number of halogens is 1. The molecule has 0 radical (unpaired) electrons. The maximum Gasteiger partial charge on any atom is 0.258 e. The number of aliphatic imine (C=N–C) groups is 1. The molecular formula is C9H6BrNO. The molecule has 1 atom stereocenters. The molecule has 2 aliphatic rings. The van der Waals surface area contributed by atoms with E-state index in [9.17, 15) is 4.79 Å². The van der Waals surface area contributed by atoms with Gasteiger partial charge in [0.2, 0.25) is 0 Å². The van der Waals surface area contributed by atoms with Crippen LogP contribution in [0.15, 0.2) is 39.4 Å². The predicted octanol–water partition coefficient (Wildman–Crippen LogP) is 1.99. The highest BCUT2D eigenvalue weighted by atomic mass is 79.9. The Morgan fingerprint density at radius 3 is 3.00 bits per heavy atom. The maximum atomic E-state index is 11.3. The fourth-order valence-corrected chi connectivity index (χ4v) is 1.90. The Morgan fingerprint density at radius 1 is 1.42 bits per heavy atom. The zero-order valence-electron chi connectivity index (χ0n) is 6.20. The predicted molar refractivity (Wildman–Crippen MR) is 51.2 cm³/mol. The SMILES string of the molecule is O=C1N=CC=C2C=CC=C(Br)C12. The maximum absolute atomic E-state index is 11.3. The smallest absolute Gasteiger partial charge is 0.258 e. The van der Waals surface area contributed by atoms with Crippen molar-refractivity contribution in [1.29, 1.82) is 0 Å². The number of dihydropyridines is 1. The van der Waals surface area contributed by atoms with Crippen LogP contribution in [-0.4, -0.2) is 12.1 Å². The number of carbonyl (C=O) groups is 1. The Morgan fingerprint density at radius 2 is 2.25 bits per heavy atom. The van der Waals surface area contributed by atoms with E-state index in [0.717, 1.165) is 10.1 Å². The van der Waals surface area contributed by atoms with Crippen LogP contribution < -0.4 is 0 Å². The normalized spacial score (nSPS) is 26.4. The van der Waals surface area contributed by atoms with Crippen molar-refractivity contribution < 1.29 is 4.79 Å². The molecule has 1 heterocycles. The van der Waals surface area contributed by atoms with Crippen LogP contribution in [0.5, 0.6) is 0 Å². The molecule has 2 rings (SSSR count). The summed E-state index contributed by atoms with van der Waals surface area (Å²) in [6, 6.07) is 0. The standard InChI is InChI=1S/C9H6BrNO/c10-7-3-1-2-6-4-5-11-9(12)8(6)7/h1-5,8H. The fraction of sp³-hybridized carbons (Fsp3) is 0.111. The number of allylic oxidation sites excluding steroid dienone is 4. The largest absolute Gasteiger partial charge is 0.271 e. The Hall–Kier alpha value is -0.960. The van der Waals surface area contributed by atoms with E-state index < -0.39 is 0 Å². The third-order valence-electron chi connectivity index (χ3n) is 1.87. The molecule has 0 aromatic rings. The van der Waals surface area contributed by atoms with E-state index in [4.69, 9.17) is 0 Å². The molecule has 1 aliphatic carbocycles. The fourth-order valence-electron chi connectivity index (χ4n) is 1.29. The van der Waals surface area contributed by atoms with E-state index in [2.05, 4.69) is 20.9 Å². The van der Waals surface area contributed by atoms with Crippen molar-refractivity contribution in [3.8, 4) is 0 Å². The van der Waals surface area contributed by atoms with Crippen LogP contribution in [0.1, 0.15) is 0 Å². The highest BCUT2D eigenvalue weighted by Gasteiger charge is 2.26. The first-order valence-electron chi connectivity index (χ1n) is 3.61. The number of carbonyl (C=O) groups excluding carboxylic acids is 1. The van der Waals surface area contributed by atoms with Crippen molar-refractivity contribution in [2.24, 2.45) is 10.9 Å². The van der Waals surface area contributed by atoms with Gasteiger partial charge < -0.3 is 0 Å². The van der Waals surface area contributed by atoms with Crippen LogP contribution in [0.2, 0.25) is 0 Å².